The molecule has 0 unspecified atom stereocenters. The molecule has 1 rings (SSSR count). The molecule has 0 saturated carbocycles. The average molecular weight is 329 g/mol. The molecule has 0 aliphatic rings. The lowest BCUT2D eigenvalue weighted by atomic mass is 10.2. The van der Waals surface area contributed by atoms with Crippen LogP contribution in [0.25, 0.3) is 0 Å². The monoisotopic (exact) mass is 328 g/mol. The topological polar surface area (TPSA) is 105 Å². The summed E-state index contributed by atoms with van der Waals surface area (Å²) in [6, 6.07) is 3.85. The van der Waals surface area contributed by atoms with Crippen molar-refractivity contribution < 1.29 is 24.2 Å². The lowest BCUT2D eigenvalue weighted by molar-refractivity contribution is -0.128. The first-order chi connectivity index (χ1) is 10.3. The van der Waals surface area contributed by atoms with Crippen LogP contribution in [0.1, 0.15) is 24.2 Å². The van der Waals surface area contributed by atoms with Gasteiger partial charge in [-0.05, 0) is 32.0 Å². The molecule has 0 atom stereocenters. The highest BCUT2D eigenvalue weighted by Gasteiger charge is 2.15. The van der Waals surface area contributed by atoms with E-state index in [1.165, 1.54) is 18.2 Å². The highest BCUT2D eigenvalue weighted by Crippen LogP contribution is 2.22. The summed E-state index contributed by atoms with van der Waals surface area (Å²) in [5.74, 6) is -2.16. The smallest absolute Gasteiger partial charge is 0.342 e. The van der Waals surface area contributed by atoms with Crippen LogP contribution in [0.15, 0.2) is 18.2 Å². The van der Waals surface area contributed by atoms with Gasteiger partial charge in [0.2, 0.25) is 5.91 Å². The van der Waals surface area contributed by atoms with Crippen LogP contribution in [-0.4, -0.2) is 42.1 Å². The first kappa shape index (κ1) is 17.8. The fraction of sp³-hybridized carbons (Fsp3) is 0.357. The molecule has 0 bridgehead atoms. The molecule has 22 heavy (non-hydrogen) atoms. The maximum absolute atomic E-state index is 11.7. The summed E-state index contributed by atoms with van der Waals surface area (Å²) in [4.78, 5) is 34.5. The van der Waals surface area contributed by atoms with E-state index >= 15 is 0 Å². The highest BCUT2D eigenvalue weighted by atomic mass is 35.5. The first-order valence-corrected chi connectivity index (χ1v) is 6.89. The van der Waals surface area contributed by atoms with E-state index in [-0.39, 0.29) is 34.8 Å². The fourth-order valence-corrected chi connectivity index (χ4v) is 1.66. The van der Waals surface area contributed by atoms with E-state index in [4.69, 9.17) is 16.3 Å². The van der Waals surface area contributed by atoms with E-state index in [0.717, 1.165) is 0 Å². The van der Waals surface area contributed by atoms with E-state index in [1.807, 2.05) is 0 Å². The summed E-state index contributed by atoms with van der Waals surface area (Å²) in [7, 11) is 0. The van der Waals surface area contributed by atoms with Gasteiger partial charge in [-0.25, -0.2) is 4.79 Å². The van der Waals surface area contributed by atoms with E-state index in [1.54, 1.807) is 13.8 Å². The minimum Gasteiger partial charge on any atom is -0.507 e. The second kappa shape index (κ2) is 8.23. The predicted molar refractivity (Wildman–Crippen MR) is 79.7 cm³/mol. The quantitative estimate of drug-likeness (QED) is 0.671. The van der Waals surface area contributed by atoms with Gasteiger partial charge in [0.15, 0.2) is 6.61 Å². The molecule has 8 heteroatoms. The molecule has 0 radical (unpaired) electrons. The molecule has 0 fully saturated rings. The Morgan fingerprint density at radius 3 is 2.59 bits per heavy atom. The van der Waals surface area contributed by atoms with E-state index in [9.17, 15) is 19.5 Å². The number of nitrogens with one attached hydrogen (secondary N) is 2. The van der Waals surface area contributed by atoms with E-state index in [0.29, 0.717) is 0 Å². The van der Waals surface area contributed by atoms with Gasteiger partial charge in [0, 0.05) is 11.1 Å². The molecule has 2 amide bonds. The highest BCUT2D eigenvalue weighted by molar-refractivity contribution is 6.31. The third-order valence-electron chi connectivity index (χ3n) is 2.41. The van der Waals surface area contributed by atoms with Crippen molar-refractivity contribution in [3.63, 3.8) is 0 Å². The molecule has 7 nitrogen and oxygen atoms in total. The number of ether oxygens (including phenoxy) is 1. The standard InChI is InChI=1S/C14H17ClN2O5/c1-8(2)17-12(19)6-16-13(20)7-22-14(21)10-5-9(15)3-4-11(10)18/h3-5,8,18H,6-7H2,1-2H3,(H,16,20)(H,17,19). The molecule has 0 aliphatic carbocycles. The molecule has 0 aliphatic heterocycles. The Kier molecular flexibility index (Phi) is 6.65. The van der Waals surface area contributed by atoms with Gasteiger partial charge in [-0.2, -0.15) is 0 Å². The number of rotatable bonds is 6. The number of hydrogen-bond acceptors (Lipinski definition) is 5. The van der Waals surface area contributed by atoms with Gasteiger partial charge < -0.3 is 20.5 Å². The van der Waals surface area contributed by atoms with E-state index < -0.39 is 18.5 Å². The zero-order valence-corrected chi connectivity index (χ0v) is 12.9. The first-order valence-electron chi connectivity index (χ1n) is 6.51. The summed E-state index contributed by atoms with van der Waals surface area (Å²) < 4.78 is 4.74. The number of benzene rings is 1. The number of halogens is 1. The second-order valence-corrected chi connectivity index (χ2v) is 5.17. The largest absolute Gasteiger partial charge is 0.507 e. The third-order valence-corrected chi connectivity index (χ3v) is 2.64. The Labute approximate surface area is 132 Å². The Bertz CT molecular complexity index is 574. The van der Waals surface area contributed by atoms with Crippen molar-refractivity contribution in [2.24, 2.45) is 0 Å². The van der Waals surface area contributed by atoms with Crippen molar-refractivity contribution in [3.8, 4) is 5.75 Å². The Balaban J connectivity index is 2.42. The lowest BCUT2D eigenvalue weighted by Crippen LogP contribution is -2.41. The zero-order chi connectivity index (χ0) is 16.7. The molecular weight excluding hydrogens is 312 g/mol. The Hall–Kier alpha value is -2.28. The number of aromatic hydroxyl groups is 1. The molecule has 0 saturated heterocycles. The van der Waals surface area contributed by atoms with Crippen LogP contribution >= 0.6 is 11.6 Å². The molecule has 0 spiro atoms. The molecule has 120 valence electrons. The molecular formula is C14H17ClN2O5. The third kappa shape index (κ3) is 6.01. The van der Waals surface area contributed by atoms with Gasteiger partial charge in [0.05, 0.1) is 6.54 Å². The van der Waals surface area contributed by atoms with Crippen LogP contribution in [0.5, 0.6) is 5.75 Å². The number of hydrogen-bond donors (Lipinski definition) is 3. The van der Waals surface area contributed by atoms with Crippen molar-refractivity contribution in [1.29, 1.82) is 0 Å². The maximum atomic E-state index is 11.7. The SMILES string of the molecule is CC(C)NC(=O)CNC(=O)COC(=O)c1cc(Cl)ccc1O. The van der Waals surface area contributed by atoms with Crippen molar-refractivity contribution in [2.45, 2.75) is 19.9 Å². The van der Waals surface area contributed by atoms with Gasteiger partial charge in [-0.3, -0.25) is 9.59 Å². The number of esters is 1. The van der Waals surface area contributed by atoms with Crippen LogP contribution in [0.3, 0.4) is 0 Å². The zero-order valence-electron chi connectivity index (χ0n) is 12.2. The number of carbonyl (C=O) groups excluding carboxylic acids is 3. The summed E-state index contributed by atoms with van der Waals surface area (Å²) in [5.41, 5.74) is -0.141. The van der Waals surface area contributed by atoms with Crippen LogP contribution in [0, 0.1) is 0 Å². The summed E-state index contributed by atoms with van der Waals surface area (Å²) in [5, 5.41) is 14.7. The predicted octanol–water partition coefficient (Wildman–Crippen LogP) is 0.843. The molecule has 1 aromatic carbocycles. The van der Waals surface area contributed by atoms with Gasteiger partial charge in [-0.1, -0.05) is 11.6 Å². The van der Waals surface area contributed by atoms with E-state index in [2.05, 4.69) is 10.6 Å². The van der Waals surface area contributed by atoms with Gasteiger partial charge in [0.1, 0.15) is 11.3 Å². The van der Waals surface area contributed by atoms with Gasteiger partial charge in [0.25, 0.3) is 5.91 Å². The van der Waals surface area contributed by atoms with Gasteiger partial charge >= 0.3 is 5.97 Å². The lowest BCUT2D eigenvalue weighted by Gasteiger charge is -2.10. The van der Waals surface area contributed by atoms with Crippen molar-refractivity contribution >= 4 is 29.4 Å². The summed E-state index contributed by atoms with van der Waals surface area (Å²) in [6.45, 7) is 2.80. The minimum atomic E-state index is -0.887. The Morgan fingerprint density at radius 2 is 1.95 bits per heavy atom. The maximum Gasteiger partial charge on any atom is 0.342 e. The van der Waals surface area contributed by atoms with Crippen LogP contribution < -0.4 is 10.6 Å². The molecule has 1 aromatic rings. The molecule has 3 N–H and O–H groups in total. The molecule has 0 heterocycles. The van der Waals surface area contributed by atoms with Crippen molar-refractivity contribution in [3.05, 3.63) is 28.8 Å². The minimum absolute atomic E-state index is 0.0342. The van der Waals surface area contributed by atoms with Crippen molar-refractivity contribution in [2.75, 3.05) is 13.2 Å². The normalized spacial score (nSPS) is 10.2. The number of amides is 2. The number of carbonyl (C=O) groups is 3. The Morgan fingerprint density at radius 1 is 1.27 bits per heavy atom. The number of phenolic OH excluding ortho intramolecular Hbond substituents is 1. The molecule has 0 aromatic heterocycles. The average Bonchev–Trinajstić information content (AvgIpc) is 2.44. The summed E-state index contributed by atoms with van der Waals surface area (Å²) >= 11 is 5.71. The fourth-order valence-electron chi connectivity index (χ4n) is 1.48. The van der Waals surface area contributed by atoms with Crippen molar-refractivity contribution in [1.82, 2.24) is 10.6 Å². The second-order valence-electron chi connectivity index (χ2n) is 4.74. The van der Waals surface area contributed by atoms with Crippen LogP contribution in [0.2, 0.25) is 5.02 Å². The van der Waals surface area contributed by atoms with Crippen LogP contribution in [-0.2, 0) is 14.3 Å². The van der Waals surface area contributed by atoms with Crippen LogP contribution in [0.4, 0.5) is 0 Å². The van der Waals surface area contributed by atoms with Gasteiger partial charge in [-0.15, -0.1) is 0 Å². The summed E-state index contributed by atoms with van der Waals surface area (Å²) in [6.07, 6.45) is 0. The number of phenols is 1.